The number of aliphatic hydroxyl groups excluding tert-OH is 2. The molecule has 0 aromatic heterocycles. The fourth-order valence-electron chi connectivity index (χ4n) is 14.6. The number of likely N-dealkylation sites (N-methyl/N-ethyl adjacent to an activating group) is 1. The van der Waals surface area contributed by atoms with Crippen LogP contribution in [0.25, 0.3) is 0 Å². The van der Waals surface area contributed by atoms with E-state index in [0.717, 1.165) is 150 Å². The molecule has 22 nitrogen and oxygen atoms in total. The van der Waals surface area contributed by atoms with Crippen LogP contribution in [0, 0.1) is 0 Å². The first-order valence-corrected chi connectivity index (χ1v) is 45.5. The number of carbonyl (C=O) groups is 4. The third-order valence-corrected chi connectivity index (χ3v) is 22.6. The number of carbonyl (C=O) groups excluding carboxylic acids is 4. The number of nitrogens with zero attached hydrogens (tertiary/aromatic N) is 12. The molecule has 4 amide bonds. The molecule has 9 heterocycles. The van der Waals surface area contributed by atoms with Gasteiger partial charge in [-0.25, -0.2) is 22.8 Å². The molecule has 0 aliphatic carbocycles. The van der Waals surface area contributed by atoms with E-state index in [1.54, 1.807) is 23.6 Å². The first-order valence-electron chi connectivity index (χ1n) is 45.5. The third kappa shape index (κ3) is 51.7. The minimum Gasteiger partial charge on any atom is -0.444 e. The smallest absolute Gasteiger partial charge is 0.411 e. The zero-order chi connectivity index (χ0) is 92.9. The maximum atomic E-state index is 12.7. The highest BCUT2D eigenvalue weighted by atomic mass is 19.3. The number of piperidine rings is 1. The van der Waals surface area contributed by atoms with Gasteiger partial charge in [-0.1, -0.05) is 19.1 Å². The van der Waals surface area contributed by atoms with Crippen molar-refractivity contribution in [2.75, 3.05) is 157 Å². The number of hydrogen-bond donors (Lipinski definition) is 4. The molecule has 8 saturated heterocycles. The standard InChI is InChI=1S/C13H26N2O2.C12H24N2O2.C11H22N2O.C10H22N2O.C8H15F2N.C8H16FN.2C8H17NO.C8H17N.C8H15N/c1-12(2,3)15-9-7-14(8-10-15)11(16)17-13(4,5)6;1-11(2,3)14-8-7-13(9-14)10(15)16-12(4,5)6;1-9(14)12-10-5-7-13(8-6-10)11(2,3)4;1-6-12(10(3,4)5)8-7-11-9(2)13;1-7(2,3)11-5-4-8(9,10)6-11;1-8(2,3)10-5-4-7(9)6-10;2*1-8(2,3)9-5-4-7(10)6-9;2*1-8(2,3)9-6-4-5-7-9/h7-10H2,1-6H3;7-9H2,1-6H3;10H,5-8H2,1-4H3,(H,12,14);6-8H2,1-5H3,(H,11,13);4-6H2,1-3H3;7H,4-6H2,1-3H3;2*7,10H,4-6H2,1-3H3;4-7H2,1-3H3;4-5H,6-7H2,1-3H3/t;;;;;3*7-;;/m.....110../s1. The maximum Gasteiger partial charge on any atom is 0.411 e. The Morgan fingerprint density at radius 2 is 0.748 bits per heavy atom. The number of amides is 4. The Kier molecular flexibility index (Phi) is 48.1. The van der Waals surface area contributed by atoms with Gasteiger partial charge in [-0.3, -0.25) is 63.5 Å². The molecule has 9 aliphatic heterocycles. The van der Waals surface area contributed by atoms with Crippen LogP contribution < -0.4 is 10.6 Å². The summed E-state index contributed by atoms with van der Waals surface area (Å²) in [6.07, 6.45) is 10.9. The molecule has 9 aliphatic rings. The summed E-state index contributed by atoms with van der Waals surface area (Å²) < 4.78 is 48.7. The minimum atomic E-state index is -2.45. The van der Waals surface area contributed by atoms with Crippen molar-refractivity contribution in [1.82, 2.24) is 69.4 Å². The first kappa shape index (κ1) is 116. The second-order valence-corrected chi connectivity index (χ2v) is 46.0. The molecule has 9 rings (SSSR count). The van der Waals surface area contributed by atoms with Crippen molar-refractivity contribution in [3.63, 3.8) is 0 Å². The van der Waals surface area contributed by atoms with Crippen LogP contribution in [0.1, 0.15) is 321 Å². The Morgan fingerprint density at radius 1 is 0.412 bits per heavy atom. The second kappa shape index (κ2) is 49.6. The van der Waals surface area contributed by atoms with E-state index in [2.05, 4.69) is 261 Å². The molecule has 8 fully saturated rings. The van der Waals surface area contributed by atoms with Crippen LogP contribution in [-0.4, -0.2) is 347 Å². The third-order valence-electron chi connectivity index (χ3n) is 22.6. The number of β-amino-alcohol motifs (C(OH)–C–C–N with tert-alkyl or cyclic N) is 2. The highest BCUT2D eigenvalue weighted by Gasteiger charge is 2.43. The zero-order valence-corrected chi connectivity index (χ0v) is 84.4. The summed E-state index contributed by atoms with van der Waals surface area (Å²) in [5, 5.41) is 24.2. The van der Waals surface area contributed by atoms with Crippen LogP contribution in [-0.2, 0) is 19.1 Å². The summed E-state index contributed by atoms with van der Waals surface area (Å²) in [5.74, 6) is -2.31. The largest absolute Gasteiger partial charge is 0.444 e. The molecular weight excluding hydrogens is 1510 g/mol. The van der Waals surface area contributed by atoms with Gasteiger partial charge in [0.1, 0.15) is 17.4 Å². The number of hydrogen-bond acceptors (Lipinski definition) is 18. The van der Waals surface area contributed by atoms with E-state index in [1.807, 2.05) is 67.2 Å². The Balaban J connectivity index is 0.00000131. The lowest BCUT2D eigenvalue weighted by molar-refractivity contribution is -0.120. The monoisotopic (exact) mass is 1700 g/mol. The van der Waals surface area contributed by atoms with Gasteiger partial charge in [0.2, 0.25) is 11.8 Å². The van der Waals surface area contributed by atoms with Gasteiger partial charge in [0.25, 0.3) is 5.92 Å². The predicted octanol–water partition coefficient (Wildman–Crippen LogP) is 16.5. The Hall–Kier alpha value is -3.47. The van der Waals surface area contributed by atoms with Crippen molar-refractivity contribution in [3.8, 4) is 0 Å². The van der Waals surface area contributed by atoms with Crippen LogP contribution in [0.4, 0.5) is 22.8 Å². The Labute approximate surface area is 729 Å². The number of likely N-dealkylation sites (tertiary alicyclic amines) is 6. The predicted molar refractivity (Wildman–Crippen MR) is 494 cm³/mol. The summed E-state index contributed by atoms with van der Waals surface area (Å²) in [4.78, 5) is 71.8. The van der Waals surface area contributed by atoms with Gasteiger partial charge in [0.15, 0.2) is 0 Å². The van der Waals surface area contributed by atoms with E-state index >= 15 is 0 Å². The molecule has 25 heteroatoms. The molecule has 0 spiro atoms. The molecule has 0 aromatic rings. The normalized spacial score (nSPS) is 22.2. The molecule has 0 aromatic carbocycles. The highest BCUT2D eigenvalue weighted by molar-refractivity contribution is 5.73. The van der Waals surface area contributed by atoms with Crippen LogP contribution >= 0.6 is 0 Å². The van der Waals surface area contributed by atoms with Gasteiger partial charge in [0.05, 0.1) is 25.4 Å². The van der Waals surface area contributed by atoms with Gasteiger partial charge in [0, 0.05) is 206 Å². The lowest BCUT2D eigenvalue weighted by atomic mass is 9.98. The van der Waals surface area contributed by atoms with E-state index in [0.29, 0.717) is 36.9 Å². The molecule has 3 atom stereocenters. The number of piperazine rings is 1. The summed E-state index contributed by atoms with van der Waals surface area (Å²) in [7, 11) is 0. The summed E-state index contributed by atoms with van der Waals surface area (Å²) in [5.41, 5.74) is 1.20. The molecule has 4 N–H and O–H groups in total. The van der Waals surface area contributed by atoms with E-state index in [4.69, 9.17) is 9.47 Å². The molecular formula is C94H191F3N14O8. The lowest BCUT2D eigenvalue weighted by Crippen LogP contribution is -2.55. The van der Waals surface area contributed by atoms with Crippen molar-refractivity contribution in [2.24, 2.45) is 0 Å². The fourth-order valence-corrected chi connectivity index (χ4v) is 14.6. The van der Waals surface area contributed by atoms with Crippen molar-refractivity contribution in [1.29, 1.82) is 0 Å². The van der Waals surface area contributed by atoms with Crippen molar-refractivity contribution in [3.05, 3.63) is 12.2 Å². The molecule has 0 radical (unpaired) electrons. The van der Waals surface area contributed by atoms with E-state index in [1.165, 1.54) is 25.9 Å². The molecule has 119 heavy (non-hydrogen) atoms. The summed E-state index contributed by atoms with van der Waals surface area (Å²) >= 11 is 0. The second-order valence-electron chi connectivity index (χ2n) is 46.0. The number of aliphatic hydroxyl groups is 2. The molecule has 0 saturated carbocycles. The quantitative estimate of drug-likeness (QED) is 0.190. The number of nitrogens with one attached hydrogen (secondary N) is 2. The van der Waals surface area contributed by atoms with E-state index < -0.39 is 23.3 Å². The van der Waals surface area contributed by atoms with Gasteiger partial charge in [-0.15, -0.1) is 0 Å². The zero-order valence-electron chi connectivity index (χ0n) is 84.4. The van der Waals surface area contributed by atoms with Crippen molar-refractivity contribution < 1.29 is 52.0 Å². The van der Waals surface area contributed by atoms with Gasteiger partial charge < -0.3 is 35.2 Å². The average molecular weight is 1700 g/mol. The van der Waals surface area contributed by atoms with E-state index in [9.17, 15) is 42.6 Å². The SMILES string of the molecule is CC(=O)NC1CCN(C(C)(C)C)CC1.CC(C)(C)N1CC=CC1.CC(C)(C)N1CCC(F)(F)C1.CC(C)(C)N1CCCC1.CC(C)(C)N1CC[C@@H](F)C1.CC(C)(C)N1CC[C@@H](O)C1.CC(C)(C)N1CC[C@H](O)C1.CC(C)(C)OC(=O)N1CCN(C(C)(C)C)C1.CC(C)(C)OC(=O)N1CCN(C(C)(C)C)CC1.CCN(CCNC(C)=O)C(C)(C)C. The first-order chi connectivity index (χ1) is 53.5. The number of halogens is 3. The van der Waals surface area contributed by atoms with Crippen molar-refractivity contribution in [2.45, 2.75) is 418 Å². The van der Waals surface area contributed by atoms with Crippen LogP contribution in [0.15, 0.2) is 12.2 Å². The average Bonchev–Trinajstić information content (AvgIpc) is 1.73. The van der Waals surface area contributed by atoms with Gasteiger partial charge in [-0.05, 0) is 314 Å². The maximum absolute atomic E-state index is 12.7. The Morgan fingerprint density at radius 3 is 1.00 bits per heavy atom. The number of ether oxygens (including phenoxy) is 2. The van der Waals surface area contributed by atoms with E-state index in [-0.39, 0.29) is 93.5 Å². The number of rotatable bonds is 5. The number of alkyl halides is 3. The van der Waals surface area contributed by atoms with Crippen LogP contribution in [0.2, 0.25) is 0 Å². The minimum absolute atomic E-state index is 0.0181. The summed E-state index contributed by atoms with van der Waals surface area (Å²) in [6, 6.07) is 0.395. The fraction of sp³-hybridized carbons (Fsp3) is 0.936. The molecule has 0 unspecified atom stereocenters. The summed E-state index contributed by atoms with van der Waals surface area (Å²) in [6.45, 7) is 103. The molecule has 0 bridgehead atoms. The Bertz CT molecular complexity index is 2770. The van der Waals surface area contributed by atoms with Gasteiger partial charge >= 0.3 is 12.2 Å². The lowest BCUT2D eigenvalue weighted by Gasteiger charge is -2.42. The van der Waals surface area contributed by atoms with Gasteiger partial charge in [-0.2, -0.15) is 0 Å². The highest BCUT2D eigenvalue weighted by Crippen LogP contribution is 2.32. The molecule has 706 valence electrons. The van der Waals surface area contributed by atoms with Crippen LogP contribution in [0.5, 0.6) is 0 Å². The topological polar surface area (TPSA) is 190 Å². The van der Waals surface area contributed by atoms with Crippen LogP contribution in [0.3, 0.4) is 0 Å². The van der Waals surface area contributed by atoms with Crippen molar-refractivity contribution >= 4 is 24.0 Å².